The molecule has 1 saturated heterocycles. The summed E-state index contributed by atoms with van der Waals surface area (Å²) in [5.74, 6) is 0.306. The van der Waals surface area contributed by atoms with Crippen LogP contribution >= 0.6 is 23.8 Å². The molecule has 3 rings (SSSR count). The van der Waals surface area contributed by atoms with Gasteiger partial charge in [-0.05, 0) is 73.8 Å². The van der Waals surface area contributed by atoms with Gasteiger partial charge in [0.2, 0.25) is 0 Å². The molecule has 0 radical (unpaired) electrons. The molecule has 1 heterocycles. The zero-order chi connectivity index (χ0) is 19.4. The van der Waals surface area contributed by atoms with Crippen LogP contribution in [-0.2, 0) is 0 Å². The summed E-state index contributed by atoms with van der Waals surface area (Å²) in [4.78, 5) is 2.46. The van der Waals surface area contributed by atoms with Crippen LogP contribution < -0.4 is 15.5 Å². The predicted molar refractivity (Wildman–Crippen MR) is 116 cm³/mol. The Kier molecular flexibility index (Phi) is 6.55. The lowest BCUT2D eigenvalue weighted by molar-refractivity contribution is 0.447. The van der Waals surface area contributed by atoms with Crippen molar-refractivity contribution in [1.82, 2.24) is 5.32 Å². The highest BCUT2D eigenvalue weighted by Crippen LogP contribution is 2.25. The van der Waals surface area contributed by atoms with Gasteiger partial charge in [0.05, 0.1) is 11.1 Å². The molecule has 1 aliphatic heterocycles. The van der Waals surface area contributed by atoms with Gasteiger partial charge in [0.1, 0.15) is 5.82 Å². The van der Waals surface area contributed by atoms with Crippen LogP contribution in [-0.4, -0.2) is 18.2 Å². The van der Waals surface area contributed by atoms with Crippen LogP contribution in [0.2, 0.25) is 5.02 Å². The maximum Gasteiger partial charge on any atom is 0.171 e. The second-order valence-electron chi connectivity index (χ2n) is 7.23. The quantitative estimate of drug-likeness (QED) is 0.632. The Hall–Kier alpha value is -1.85. The van der Waals surface area contributed by atoms with Gasteiger partial charge in [0.15, 0.2) is 5.11 Å². The molecule has 0 saturated carbocycles. The highest BCUT2D eigenvalue weighted by molar-refractivity contribution is 7.80. The summed E-state index contributed by atoms with van der Waals surface area (Å²) < 4.78 is 13.2. The number of nitrogens with zero attached hydrogens (tertiary/aromatic N) is 1. The molecule has 0 aliphatic carbocycles. The summed E-state index contributed by atoms with van der Waals surface area (Å²) in [6.07, 6.45) is 2.58. The zero-order valence-electron chi connectivity index (χ0n) is 15.6. The minimum absolute atomic E-state index is 0.0512. The standard InChI is InChI=1S/C21H25ClFN3S/c1-14-4-3-11-26(13-14)18-8-5-16(6-9-18)15(2)24-21(27)25-17-7-10-20(23)19(22)12-17/h5-10,12,14-15H,3-4,11,13H2,1-2H3,(H2,24,25,27)/t14-,15-/m0/s1. The monoisotopic (exact) mass is 405 g/mol. The van der Waals surface area contributed by atoms with Crippen LogP contribution in [0.4, 0.5) is 15.8 Å². The van der Waals surface area contributed by atoms with Gasteiger partial charge in [-0.15, -0.1) is 0 Å². The maximum atomic E-state index is 13.2. The number of benzene rings is 2. The number of piperidine rings is 1. The third kappa shape index (κ3) is 5.33. The molecule has 3 nitrogen and oxygen atoms in total. The molecule has 6 heteroatoms. The van der Waals surface area contributed by atoms with Crippen molar-refractivity contribution in [1.29, 1.82) is 0 Å². The van der Waals surface area contributed by atoms with E-state index in [1.807, 2.05) is 0 Å². The molecule has 1 fully saturated rings. The largest absolute Gasteiger partial charge is 0.371 e. The highest BCUT2D eigenvalue weighted by Gasteiger charge is 2.17. The number of hydrogen-bond acceptors (Lipinski definition) is 2. The molecule has 0 amide bonds. The minimum atomic E-state index is -0.447. The summed E-state index contributed by atoms with van der Waals surface area (Å²) in [5, 5.41) is 6.83. The van der Waals surface area contributed by atoms with Crippen LogP contribution in [0.1, 0.15) is 38.3 Å². The summed E-state index contributed by atoms with van der Waals surface area (Å²) in [6, 6.07) is 13.1. The van der Waals surface area contributed by atoms with Gasteiger partial charge in [-0.2, -0.15) is 0 Å². The Morgan fingerprint density at radius 2 is 2.00 bits per heavy atom. The third-order valence-corrected chi connectivity index (χ3v) is 5.45. The number of thiocarbonyl (C=S) groups is 1. The number of halogens is 2. The van der Waals surface area contributed by atoms with E-state index in [1.165, 1.54) is 30.7 Å². The summed E-state index contributed by atoms with van der Waals surface area (Å²) in [5.41, 5.74) is 3.09. The third-order valence-electron chi connectivity index (χ3n) is 4.94. The maximum absolute atomic E-state index is 13.2. The first-order valence-electron chi connectivity index (χ1n) is 9.30. The van der Waals surface area contributed by atoms with E-state index in [1.54, 1.807) is 6.07 Å². The summed E-state index contributed by atoms with van der Waals surface area (Å²) in [7, 11) is 0. The van der Waals surface area contributed by atoms with Crippen LogP contribution in [0, 0.1) is 11.7 Å². The predicted octanol–water partition coefficient (Wildman–Crippen LogP) is 5.76. The van der Waals surface area contributed by atoms with Crippen molar-refractivity contribution < 1.29 is 4.39 Å². The highest BCUT2D eigenvalue weighted by atomic mass is 35.5. The van der Waals surface area contributed by atoms with Crippen molar-refractivity contribution in [2.75, 3.05) is 23.3 Å². The molecule has 0 spiro atoms. The van der Waals surface area contributed by atoms with E-state index in [2.05, 4.69) is 53.6 Å². The normalized spacial score (nSPS) is 18.1. The minimum Gasteiger partial charge on any atom is -0.371 e. The van der Waals surface area contributed by atoms with E-state index in [4.69, 9.17) is 23.8 Å². The van der Waals surface area contributed by atoms with Crippen molar-refractivity contribution in [2.45, 2.75) is 32.7 Å². The fraction of sp³-hybridized carbons (Fsp3) is 0.381. The summed E-state index contributed by atoms with van der Waals surface area (Å²) in [6.45, 7) is 6.63. The Labute approximate surface area is 170 Å². The molecule has 2 N–H and O–H groups in total. The van der Waals surface area contributed by atoms with E-state index in [0.29, 0.717) is 10.8 Å². The van der Waals surface area contributed by atoms with Crippen LogP contribution in [0.15, 0.2) is 42.5 Å². The van der Waals surface area contributed by atoms with E-state index >= 15 is 0 Å². The number of hydrogen-bond donors (Lipinski definition) is 2. The van der Waals surface area contributed by atoms with E-state index in [0.717, 1.165) is 24.6 Å². The molecule has 0 unspecified atom stereocenters. The van der Waals surface area contributed by atoms with Crippen molar-refractivity contribution in [3.05, 3.63) is 58.9 Å². The molecular formula is C21H25ClFN3S. The van der Waals surface area contributed by atoms with Gasteiger partial charge in [-0.3, -0.25) is 0 Å². The lowest BCUT2D eigenvalue weighted by atomic mass is 9.99. The molecule has 2 atom stereocenters. The Bertz CT molecular complexity index is 797. The van der Waals surface area contributed by atoms with E-state index in [9.17, 15) is 4.39 Å². The van der Waals surface area contributed by atoms with Crippen LogP contribution in [0.3, 0.4) is 0 Å². The van der Waals surface area contributed by atoms with Gasteiger partial charge in [0.25, 0.3) is 0 Å². The van der Waals surface area contributed by atoms with Gasteiger partial charge in [-0.25, -0.2) is 4.39 Å². The van der Waals surface area contributed by atoms with Crippen molar-refractivity contribution in [2.24, 2.45) is 5.92 Å². The van der Waals surface area contributed by atoms with Gasteiger partial charge in [0, 0.05) is 24.5 Å². The molecule has 2 aromatic rings. The zero-order valence-corrected chi connectivity index (χ0v) is 17.2. The van der Waals surface area contributed by atoms with Crippen molar-refractivity contribution in [3.63, 3.8) is 0 Å². The first-order valence-corrected chi connectivity index (χ1v) is 10.1. The second kappa shape index (κ2) is 8.89. The van der Waals surface area contributed by atoms with Crippen molar-refractivity contribution in [3.8, 4) is 0 Å². The first kappa shape index (κ1) is 19.9. The second-order valence-corrected chi connectivity index (χ2v) is 8.05. The van der Waals surface area contributed by atoms with Crippen LogP contribution in [0.5, 0.6) is 0 Å². The van der Waals surface area contributed by atoms with Gasteiger partial charge in [-0.1, -0.05) is 30.7 Å². The molecule has 1 aliphatic rings. The Morgan fingerprint density at radius 1 is 1.26 bits per heavy atom. The van der Waals surface area contributed by atoms with E-state index < -0.39 is 5.82 Å². The van der Waals surface area contributed by atoms with E-state index in [-0.39, 0.29) is 11.1 Å². The Morgan fingerprint density at radius 3 is 2.67 bits per heavy atom. The van der Waals surface area contributed by atoms with Gasteiger partial charge < -0.3 is 15.5 Å². The fourth-order valence-electron chi connectivity index (χ4n) is 3.42. The fourth-order valence-corrected chi connectivity index (χ4v) is 3.89. The average Bonchev–Trinajstić information content (AvgIpc) is 2.65. The average molecular weight is 406 g/mol. The number of nitrogens with one attached hydrogen (secondary N) is 2. The van der Waals surface area contributed by atoms with Gasteiger partial charge >= 0.3 is 0 Å². The topological polar surface area (TPSA) is 27.3 Å². The Balaban J connectivity index is 1.57. The van der Waals surface area contributed by atoms with Crippen molar-refractivity contribution >= 4 is 40.3 Å². The molecule has 0 bridgehead atoms. The molecule has 144 valence electrons. The number of anilines is 2. The molecule has 0 aromatic heterocycles. The molecule has 27 heavy (non-hydrogen) atoms. The lowest BCUT2D eigenvalue weighted by Gasteiger charge is -2.33. The lowest BCUT2D eigenvalue weighted by Crippen LogP contribution is -2.34. The first-order chi connectivity index (χ1) is 12.9. The molecule has 2 aromatic carbocycles. The van der Waals surface area contributed by atoms with Crippen LogP contribution in [0.25, 0.3) is 0 Å². The smallest absolute Gasteiger partial charge is 0.171 e. The SMILES string of the molecule is C[C@H]1CCCN(c2ccc([C@H](C)NC(=S)Nc3ccc(F)c(Cl)c3)cc2)C1. The number of rotatable bonds is 4. The summed E-state index contributed by atoms with van der Waals surface area (Å²) >= 11 is 11.2. The molecular weight excluding hydrogens is 381 g/mol.